The van der Waals surface area contributed by atoms with Crippen LogP contribution in [0.2, 0.25) is 5.02 Å². The Balaban J connectivity index is 1.83. The van der Waals surface area contributed by atoms with Gasteiger partial charge < -0.3 is 0 Å². The van der Waals surface area contributed by atoms with Crippen LogP contribution in [-0.4, -0.2) is 5.75 Å². The number of rotatable bonds is 4. The molecule has 0 amide bonds. The van der Waals surface area contributed by atoms with Crippen LogP contribution >= 0.6 is 39.3 Å². The quantitative estimate of drug-likeness (QED) is 0.674. The minimum atomic E-state index is 0.800. The van der Waals surface area contributed by atoms with Crippen LogP contribution in [0.3, 0.4) is 0 Å². The molecule has 0 saturated carbocycles. The number of hydrogen-bond donors (Lipinski definition) is 0. The Morgan fingerprint density at radius 1 is 0.941 bits per heavy atom. The van der Waals surface area contributed by atoms with E-state index in [-0.39, 0.29) is 0 Å². The second-order valence-electron chi connectivity index (χ2n) is 3.68. The third-order valence-electron chi connectivity index (χ3n) is 2.39. The highest BCUT2D eigenvalue weighted by molar-refractivity contribution is 9.10. The topological polar surface area (TPSA) is 0 Å². The van der Waals surface area contributed by atoms with Crippen molar-refractivity contribution in [3.63, 3.8) is 0 Å². The summed E-state index contributed by atoms with van der Waals surface area (Å²) in [6.45, 7) is 0. The molecule has 0 heterocycles. The molecule has 0 aliphatic heterocycles. The van der Waals surface area contributed by atoms with Crippen LogP contribution in [0.25, 0.3) is 0 Å². The van der Waals surface area contributed by atoms with Crippen molar-refractivity contribution in [3.05, 3.63) is 63.6 Å². The summed E-state index contributed by atoms with van der Waals surface area (Å²) < 4.78 is 1.12. The lowest BCUT2D eigenvalue weighted by Crippen LogP contribution is -1.87. The summed E-state index contributed by atoms with van der Waals surface area (Å²) in [6.07, 6.45) is 1.07. The van der Waals surface area contributed by atoms with Gasteiger partial charge in [0.15, 0.2) is 0 Å². The fourth-order valence-electron chi connectivity index (χ4n) is 1.47. The van der Waals surface area contributed by atoms with Gasteiger partial charge >= 0.3 is 0 Å². The molecular weight excluding hydrogens is 316 g/mol. The summed E-state index contributed by atoms with van der Waals surface area (Å²) in [6, 6.07) is 16.5. The van der Waals surface area contributed by atoms with E-state index in [1.54, 1.807) is 0 Å². The number of thioether (sulfide) groups is 1. The van der Waals surface area contributed by atoms with E-state index in [9.17, 15) is 0 Å². The molecule has 0 unspecified atom stereocenters. The molecular formula is C14H12BrClS. The number of aryl methyl sites for hydroxylation is 1. The molecule has 0 nitrogen and oxygen atoms in total. The van der Waals surface area contributed by atoms with Gasteiger partial charge in [-0.15, -0.1) is 11.8 Å². The van der Waals surface area contributed by atoms with E-state index < -0.39 is 0 Å². The van der Waals surface area contributed by atoms with Crippen LogP contribution in [-0.2, 0) is 6.42 Å². The van der Waals surface area contributed by atoms with E-state index in [2.05, 4.69) is 52.3 Å². The van der Waals surface area contributed by atoms with Crippen molar-refractivity contribution in [2.75, 3.05) is 5.75 Å². The summed E-state index contributed by atoms with van der Waals surface area (Å²) >= 11 is 11.2. The Kier molecular flexibility index (Phi) is 4.96. The summed E-state index contributed by atoms with van der Waals surface area (Å²) in [4.78, 5) is 1.31. The highest BCUT2D eigenvalue weighted by Crippen LogP contribution is 2.21. The maximum absolute atomic E-state index is 5.85. The van der Waals surface area contributed by atoms with Gasteiger partial charge in [0.2, 0.25) is 0 Å². The average molecular weight is 328 g/mol. The molecule has 0 fully saturated rings. The van der Waals surface area contributed by atoms with Crippen molar-refractivity contribution in [2.45, 2.75) is 11.3 Å². The first-order valence-electron chi connectivity index (χ1n) is 5.37. The van der Waals surface area contributed by atoms with Gasteiger partial charge in [-0.1, -0.05) is 39.7 Å². The van der Waals surface area contributed by atoms with Crippen LogP contribution in [0.5, 0.6) is 0 Å². The van der Waals surface area contributed by atoms with Crippen molar-refractivity contribution < 1.29 is 0 Å². The van der Waals surface area contributed by atoms with Crippen molar-refractivity contribution >= 4 is 39.3 Å². The highest BCUT2D eigenvalue weighted by Gasteiger charge is 1.96. The fourth-order valence-corrected chi connectivity index (χ4v) is 2.76. The second kappa shape index (κ2) is 6.48. The van der Waals surface area contributed by atoms with Crippen LogP contribution < -0.4 is 0 Å². The molecule has 0 aliphatic rings. The normalized spacial score (nSPS) is 10.5. The first-order valence-corrected chi connectivity index (χ1v) is 7.52. The van der Waals surface area contributed by atoms with Crippen LogP contribution in [0.1, 0.15) is 5.56 Å². The molecule has 0 bridgehead atoms. The average Bonchev–Trinajstić information content (AvgIpc) is 2.34. The van der Waals surface area contributed by atoms with Gasteiger partial charge in [-0.3, -0.25) is 0 Å². The zero-order valence-electron chi connectivity index (χ0n) is 9.20. The Labute approximate surface area is 120 Å². The summed E-state index contributed by atoms with van der Waals surface area (Å²) in [5.74, 6) is 1.09. The minimum Gasteiger partial charge on any atom is -0.126 e. The molecule has 0 aliphatic carbocycles. The van der Waals surface area contributed by atoms with Gasteiger partial charge in [0, 0.05) is 20.1 Å². The first-order chi connectivity index (χ1) is 8.24. The molecule has 0 saturated heterocycles. The molecule has 0 N–H and O–H groups in total. The third kappa shape index (κ3) is 4.38. The zero-order valence-corrected chi connectivity index (χ0v) is 12.4. The molecule has 2 rings (SSSR count). The predicted molar refractivity (Wildman–Crippen MR) is 80.0 cm³/mol. The molecule has 0 aromatic heterocycles. The van der Waals surface area contributed by atoms with Gasteiger partial charge in [-0.2, -0.15) is 0 Å². The molecule has 88 valence electrons. The predicted octanol–water partition coefficient (Wildman–Crippen LogP) is 5.44. The summed E-state index contributed by atoms with van der Waals surface area (Å²) in [5, 5.41) is 0.800. The molecule has 2 aromatic rings. The summed E-state index contributed by atoms with van der Waals surface area (Å²) in [5.41, 5.74) is 1.33. The Bertz CT molecular complexity index is 419. The van der Waals surface area contributed by atoms with Crippen molar-refractivity contribution in [1.82, 2.24) is 0 Å². The minimum absolute atomic E-state index is 0.800. The third-order valence-corrected chi connectivity index (χ3v) is 4.18. The lowest BCUT2D eigenvalue weighted by molar-refractivity contribution is 1.15. The van der Waals surface area contributed by atoms with Gasteiger partial charge in [-0.25, -0.2) is 0 Å². The van der Waals surface area contributed by atoms with Gasteiger partial charge in [0.05, 0.1) is 0 Å². The largest absolute Gasteiger partial charge is 0.126 e. The van der Waals surface area contributed by atoms with Crippen LogP contribution in [0.4, 0.5) is 0 Å². The fraction of sp³-hybridized carbons (Fsp3) is 0.143. The molecule has 0 radical (unpaired) electrons. The Hall–Kier alpha value is -0.440. The van der Waals surface area contributed by atoms with Crippen molar-refractivity contribution in [2.24, 2.45) is 0 Å². The van der Waals surface area contributed by atoms with E-state index in [0.717, 1.165) is 21.7 Å². The van der Waals surface area contributed by atoms with E-state index in [0.29, 0.717) is 0 Å². The standard InChI is InChI=1S/C14H12BrClS/c15-12-3-7-14(8-4-12)17-10-9-11-1-5-13(16)6-2-11/h1-8H,9-10H2. The van der Waals surface area contributed by atoms with Crippen LogP contribution in [0.15, 0.2) is 57.9 Å². The van der Waals surface area contributed by atoms with E-state index >= 15 is 0 Å². The van der Waals surface area contributed by atoms with Gasteiger partial charge in [0.25, 0.3) is 0 Å². The number of benzene rings is 2. The first kappa shape index (κ1) is 13.0. The monoisotopic (exact) mass is 326 g/mol. The SMILES string of the molecule is Clc1ccc(CCSc2ccc(Br)cc2)cc1. The molecule has 0 atom stereocenters. The zero-order chi connectivity index (χ0) is 12.1. The lowest BCUT2D eigenvalue weighted by Gasteiger charge is -2.02. The summed E-state index contributed by atoms with van der Waals surface area (Å²) in [7, 11) is 0. The van der Waals surface area contributed by atoms with Gasteiger partial charge in [-0.05, 0) is 48.4 Å². The highest BCUT2D eigenvalue weighted by atomic mass is 79.9. The van der Waals surface area contributed by atoms with E-state index in [4.69, 9.17) is 11.6 Å². The molecule has 17 heavy (non-hydrogen) atoms. The molecule has 0 spiro atoms. The molecule has 2 aromatic carbocycles. The van der Waals surface area contributed by atoms with Crippen LogP contribution in [0, 0.1) is 0 Å². The number of halogens is 2. The maximum Gasteiger partial charge on any atom is 0.0406 e. The van der Waals surface area contributed by atoms with E-state index in [1.165, 1.54) is 10.5 Å². The smallest absolute Gasteiger partial charge is 0.0406 e. The molecule has 3 heteroatoms. The van der Waals surface area contributed by atoms with E-state index in [1.807, 2.05) is 23.9 Å². The van der Waals surface area contributed by atoms with Crippen molar-refractivity contribution in [3.8, 4) is 0 Å². The van der Waals surface area contributed by atoms with Crippen molar-refractivity contribution in [1.29, 1.82) is 0 Å². The second-order valence-corrected chi connectivity index (χ2v) is 6.20. The maximum atomic E-state index is 5.85. The van der Waals surface area contributed by atoms with Gasteiger partial charge in [0.1, 0.15) is 0 Å². The Morgan fingerprint density at radius 2 is 1.59 bits per heavy atom. The number of hydrogen-bond acceptors (Lipinski definition) is 1. The Morgan fingerprint density at radius 3 is 2.24 bits per heavy atom. The lowest BCUT2D eigenvalue weighted by atomic mass is 10.2.